The largest absolute Gasteiger partial charge is 0.440 e. The quantitative estimate of drug-likeness (QED) is 0.725. The molecule has 0 saturated carbocycles. The van der Waals surface area contributed by atoms with Crippen LogP contribution in [0.5, 0.6) is 0 Å². The fourth-order valence-corrected chi connectivity index (χ4v) is 3.19. The van der Waals surface area contributed by atoms with E-state index >= 15 is 0 Å². The van der Waals surface area contributed by atoms with E-state index in [0.29, 0.717) is 24.5 Å². The van der Waals surface area contributed by atoms with Crippen LogP contribution in [-0.2, 0) is 0 Å². The van der Waals surface area contributed by atoms with Crippen molar-refractivity contribution in [1.29, 1.82) is 0 Å². The van der Waals surface area contributed by atoms with E-state index in [0.717, 1.165) is 30.0 Å². The Morgan fingerprint density at radius 2 is 1.92 bits per heavy atom. The third kappa shape index (κ3) is 3.14. The molecule has 0 N–H and O–H groups in total. The van der Waals surface area contributed by atoms with E-state index in [1.165, 1.54) is 0 Å². The number of nitrogens with zero attached hydrogens (tertiary/aromatic N) is 4. The predicted molar refractivity (Wildman–Crippen MR) is 100 cm³/mol. The maximum absolute atomic E-state index is 12.9. The number of hydrogen-bond donors (Lipinski definition) is 0. The Morgan fingerprint density at radius 3 is 2.62 bits per heavy atom. The Bertz CT molecular complexity index is 912. The van der Waals surface area contributed by atoms with Gasteiger partial charge in [0.1, 0.15) is 11.3 Å². The van der Waals surface area contributed by atoms with Crippen molar-refractivity contribution in [2.45, 2.75) is 19.8 Å². The van der Waals surface area contributed by atoms with Crippen molar-refractivity contribution in [3.05, 3.63) is 54.0 Å². The Hall–Kier alpha value is -2.89. The summed E-state index contributed by atoms with van der Waals surface area (Å²) in [5.41, 5.74) is 2.13. The molecule has 0 radical (unpaired) electrons. The van der Waals surface area contributed by atoms with Gasteiger partial charge in [-0.1, -0.05) is 19.9 Å². The van der Waals surface area contributed by atoms with E-state index in [-0.39, 0.29) is 11.8 Å². The molecule has 0 spiro atoms. The monoisotopic (exact) mass is 350 g/mol. The van der Waals surface area contributed by atoms with Crippen molar-refractivity contribution in [2.75, 3.05) is 31.1 Å². The van der Waals surface area contributed by atoms with Crippen LogP contribution >= 0.6 is 0 Å². The van der Waals surface area contributed by atoms with Gasteiger partial charge in [-0.3, -0.25) is 4.79 Å². The lowest BCUT2D eigenvalue weighted by Crippen LogP contribution is -2.49. The van der Waals surface area contributed by atoms with Gasteiger partial charge in [0.05, 0.1) is 0 Å². The van der Waals surface area contributed by atoms with Crippen LogP contribution in [0.1, 0.15) is 36.0 Å². The number of anilines is 1. The van der Waals surface area contributed by atoms with Crippen molar-refractivity contribution in [3.63, 3.8) is 0 Å². The molecule has 1 fully saturated rings. The highest BCUT2D eigenvalue weighted by atomic mass is 16.3. The fraction of sp³-hybridized carbons (Fsp3) is 0.350. The second-order valence-corrected chi connectivity index (χ2v) is 6.86. The number of oxazole rings is 1. The molecule has 0 aliphatic carbocycles. The number of piperazine rings is 1. The summed E-state index contributed by atoms with van der Waals surface area (Å²) < 4.78 is 5.72. The van der Waals surface area contributed by atoms with Gasteiger partial charge in [0.15, 0.2) is 11.5 Å². The van der Waals surface area contributed by atoms with E-state index in [4.69, 9.17) is 4.42 Å². The number of hydrogen-bond acceptors (Lipinski definition) is 5. The molecule has 6 heteroatoms. The number of fused-ring (bicyclic) bond motifs is 1. The average molecular weight is 350 g/mol. The SMILES string of the molecule is CC(C)c1nc2cc(C(=O)N3CCN(c4ccccn4)CC3)ccc2o1. The summed E-state index contributed by atoms with van der Waals surface area (Å²) in [6, 6.07) is 11.4. The summed E-state index contributed by atoms with van der Waals surface area (Å²) in [6.45, 7) is 7.02. The molecule has 3 aromatic rings. The van der Waals surface area contributed by atoms with E-state index in [2.05, 4.69) is 14.9 Å². The minimum Gasteiger partial charge on any atom is -0.440 e. The van der Waals surface area contributed by atoms with E-state index in [1.807, 2.05) is 55.1 Å². The van der Waals surface area contributed by atoms with Crippen LogP contribution in [0.15, 0.2) is 47.0 Å². The molecule has 134 valence electrons. The summed E-state index contributed by atoms with van der Waals surface area (Å²) in [4.78, 5) is 25.8. The van der Waals surface area contributed by atoms with Gasteiger partial charge in [-0.2, -0.15) is 0 Å². The third-order valence-electron chi connectivity index (χ3n) is 4.69. The maximum Gasteiger partial charge on any atom is 0.254 e. The van der Waals surface area contributed by atoms with Gasteiger partial charge >= 0.3 is 0 Å². The van der Waals surface area contributed by atoms with Crippen LogP contribution in [0.25, 0.3) is 11.1 Å². The molecular formula is C20H22N4O2. The highest BCUT2D eigenvalue weighted by Crippen LogP contribution is 2.23. The first-order chi connectivity index (χ1) is 12.6. The van der Waals surface area contributed by atoms with Crippen molar-refractivity contribution < 1.29 is 9.21 Å². The van der Waals surface area contributed by atoms with Crippen LogP contribution < -0.4 is 4.90 Å². The molecule has 1 aliphatic rings. The lowest BCUT2D eigenvalue weighted by Gasteiger charge is -2.35. The molecule has 2 aromatic heterocycles. The maximum atomic E-state index is 12.9. The zero-order chi connectivity index (χ0) is 18.1. The highest BCUT2D eigenvalue weighted by Gasteiger charge is 2.23. The van der Waals surface area contributed by atoms with E-state index in [1.54, 1.807) is 6.20 Å². The number of carbonyl (C=O) groups excluding carboxylic acids is 1. The zero-order valence-corrected chi connectivity index (χ0v) is 15.1. The van der Waals surface area contributed by atoms with Gasteiger partial charge < -0.3 is 14.2 Å². The second kappa shape index (κ2) is 6.78. The lowest BCUT2D eigenvalue weighted by molar-refractivity contribution is 0.0746. The highest BCUT2D eigenvalue weighted by molar-refractivity contribution is 5.97. The van der Waals surface area contributed by atoms with Crippen molar-refractivity contribution in [3.8, 4) is 0 Å². The van der Waals surface area contributed by atoms with Crippen molar-refractivity contribution >= 4 is 22.8 Å². The van der Waals surface area contributed by atoms with E-state index < -0.39 is 0 Å². The lowest BCUT2D eigenvalue weighted by atomic mass is 10.1. The molecule has 6 nitrogen and oxygen atoms in total. The number of carbonyl (C=O) groups is 1. The minimum absolute atomic E-state index is 0.0432. The summed E-state index contributed by atoms with van der Waals surface area (Å²) >= 11 is 0. The van der Waals surface area contributed by atoms with Gasteiger partial charge in [-0.15, -0.1) is 0 Å². The summed E-state index contributed by atoms with van der Waals surface area (Å²) in [5.74, 6) is 1.93. The smallest absolute Gasteiger partial charge is 0.254 e. The Kier molecular flexibility index (Phi) is 4.32. The molecule has 0 unspecified atom stereocenters. The van der Waals surface area contributed by atoms with E-state index in [9.17, 15) is 4.79 Å². The van der Waals surface area contributed by atoms with Gasteiger partial charge in [0, 0.05) is 43.9 Å². The van der Waals surface area contributed by atoms with Crippen LogP contribution in [0.2, 0.25) is 0 Å². The van der Waals surface area contributed by atoms with Crippen LogP contribution in [0.3, 0.4) is 0 Å². The first-order valence-corrected chi connectivity index (χ1v) is 8.97. The molecule has 0 bridgehead atoms. The summed E-state index contributed by atoms with van der Waals surface area (Å²) in [5, 5.41) is 0. The molecule has 1 aliphatic heterocycles. The topological polar surface area (TPSA) is 62.5 Å². The molecule has 4 rings (SSSR count). The minimum atomic E-state index is 0.0432. The Balaban J connectivity index is 1.47. The van der Waals surface area contributed by atoms with Gasteiger partial charge in [0.25, 0.3) is 5.91 Å². The zero-order valence-electron chi connectivity index (χ0n) is 15.1. The summed E-state index contributed by atoms with van der Waals surface area (Å²) in [6.07, 6.45) is 1.80. The molecule has 1 saturated heterocycles. The van der Waals surface area contributed by atoms with Crippen molar-refractivity contribution in [2.24, 2.45) is 0 Å². The number of amides is 1. The molecule has 3 heterocycles. The van der Waals surface area contributed by atoms with Gasteiger partial charge in [-0.25, -0.2) is 9.97 Å². The second-order valence-electron chi connectivity index (χ2n) is 6.86. The van der Waals surface area contributed by atoms with Gasteiger partial charge in [-0.05, 0) is 30.3 Å². The fourth-order valence-electron chi connectivity index (χ4n) is 3.19. The van der Waals surface area contributed by atoms with Crippen molar-refractivity contribution in [1.82, 2.24) is 14.9 Å². The number of aromatic nitrogens is 2. The average Bonchev–Trinajstić information content (AvgIpc) is 3.12. The molecule has 1 aromatic carbocycles. The normalized spacial score (nSPS) is 15.0. The molecule has 1 amide bonds. The predicted octanol–water partition coefficient (Wildman–Crippen LogP) is 3.31. The molecule has 0 atom stereocenters. The van der Waals surface area contributed by atoms with Crippen LogP contribution in [-0.4, -0.2) is 47.0 Å². The van der Waals surface area contributed by atoms with Crippen LogP contribution in [0.4, 0.5) is 5.82 Å². The third-order valence-corrected chi connectivity index (χ3v) is 4.69. The number of benzene rings is 1. The Labute approximate surface area is 152 Å². The molecule has 26 heavy (non-hydrogen) atoms. The van der Waals surface area contributed by atoms with Gasteiger partial charge in [0.2, 0.25) is 0 Å². The molecular weight excluding hydrogens is 328 g/mol. The standard InChI is InChI=1S/C20H22N4O2/c1-14(2)19-22-16-13-15(6-7-17(16)26-19)20(25)24-11-9-23(10-12-24)18-5-3-4-8-21-18/h3-8,13-14H,9-12H2,1-2H3. The Morgan fingerprint density at radius 1 is 1.12 bits per heavy atom. The summed E-state index contributed by atoms with van der Waals surface area (Å²) in [7, 11) is 0. The number of rotatable bonds is 3. The first kappa shape index (κ1) is 16.6. The first-order valence-electron chi connectivity index (χ1n) is 8.97. The van der Waals surface area contributed by atoms with Crippen LogP contribution in [0, 0.1) is 0 Å². The number of pyridine rings is 1.